The molecule has 0 aromatic heterocycles. The van der Waals surface area contributed by atoms with Gasteiger partial charge >= 0.3 is 0 Å². The van der Waals surface area contributed by atoms with E-state index in [1.807, 2.05) is 0 Å². The topological polar surface area (TPSA) is 64.4 Å². The van der Waals surface area contributed by atoms with E-state index < -0.39 is 0 Å². The molecule has 22 heavy (non-hydrogen) atoms. The second kappa shape index (κ2) is 9.82. The Morgan fingerprint density at radius 1 is 1.32 bits per heavy atom. The number of carbonyl (C=O) groups excluding carboxylic acids is 1. The Hall–Kier alpha value is -1.10. The zero-order valence-electron chi connectivity index (χ0n) is 14.0. The van der Waals surface area contributed by atoms with E-state index in [-0.39, 0.29) is 29.8 Å². The number of hydrogen-bond acceptors (Lipinski definition) is 3. The third-order valence-corrected chi connectivity index (χ3v) is 3.88. The molecule has 0 radical (unpaired) electrons. The Morgan fingerprint density at radius 2 is 1.91 bits per heavy atom. The maximum atomic E-state index is 11.9. The maximum Gasteiger partial charge on any atom is 0.222 e. The molecule has 0 aliphatic rings. The van der Waals surface area contributed by atoms with Gasteiger partial charge in [0.2, 0.25) is 5.91 Å². The first-order valence-corrected chi connectivity index (χ1v) is 7.52. The van der Waals surface area contributed by atoms with Gasteiger partial charge in [-0.3, -0.25) is 4.79 Å². The van der Waals surface area contributed by atoms with Crippen molar-refractivity contribution < 1.29 is 9.53 Å². The highest BCUT2D eigenvalue weighted by Crippen LogP contribution is 2.22. The monoisotopic (exact) mass is 328 g/mol. The van der Waals surface area contributed by atoms with E-state index in [4.69, 9.17) is 10.5 Å². The quantitative estimate of drug-likeness (QED) is 0.770. The SMILES string of the molecule is CCc1ccc(C(C)(C)CNC(=O)CC(CN)OC)cc1.Cl. The van der Waals surface area contributed by atoms with Crippen LogP contribution in [0.15, 0.2) is 24.3 Å². The molecule has 0 aliphatic carbocycles. The van der Waals surface area contributed by atoms with E-state index in [9.17, 15) is 4.79 Å². The molecular formula is C17H29ClN2O2. The highest BCUT2D eigenvalue weighted by molar-refractivity contribution is 5.85. The Bertz CT molecular complexity index is 442. The Morgan fingerprint density at radius 3 is 2.36 bits per heavy atom. The van der Waals surface area contributed by atoms with E-state index in [2.05, 4.69) is 50.4 Å². The van der Waals surface area contributed by atoms with Crippen molar-refractivity contribution in [2.75, 3.05) is 20.2 Å². The lowest BCUT2D eigenvalue weighted by molar-refractivity contribution is -0.123. The smallest absolute Gasteiger partial charge is 0.222 e. The van der Waals surface area contributed by atoms with Crippen LogP contribution < -0.4 is 11.1 Å². The van der Waals surface area contributed by atoms with Gasteiger partial charge in [-0.05, 0) is 17.5 Å². The van der Waals surface area contributed by atoms with E-state index in [1.54, 1.807) is 7.11 Å². The van der Waals surface area contributed by atoms with Gasteiger partial charge in [0.05, 0.1) is 12.5 Å². The highest BCUT2D eigenvalue weighted by atomic mass is 35.5. The molecule has 0 saturated carbocycles. The van der Waals surface area contributed by atoms with Crippen LogP contribution in [-0.4, -0.2) is 32.2 Å². The average molecular weight is 329 g/mol. The summed E-state index contributed by atoms with van der Waals surface area (Å²) in [6.45, 7) is 7.35. The van der Waals surface area contributed by atoms with E-state index >= 15 is 0 Å². The first-order chi connectivity index (χ1) is 9.92. The Kier molecular flexibility index (Phi) is 9.33. The number of methoxy groups -OCH3 is 1. The summed E-state index contributed by atoms with van der Waals surface area (Å²) in [7, 11) is 1.57. The summed E-state index contributed by atoms with van der Waals surface area (Å²) in [5.41, 5.74) is 7.97. The zero-order chi connectivity index (χ0) is 15.9. The van der Waals surface area contributed by atoms with Gasteiger partial charge in [-0.15, -0.1) is 12.4 Å². The van der Waals surface area contributed by atoms with Crippen molar-refractivity contribution in [3.05, 3.63) is 35.4 Å². The van der Waals surface area contributed by atoms with Gasteiger partial charge in [-0.2, -0.15) is 0 Å². The van der Waals surface area contributed by atoms with Crippen LogP contribution in [0, 0.1) is 0 Å². The number of benzene rings is 1. The molecule has 1 aromatic rings. The first kappa shape index (κ1) is 20.9. The number of carbonyl (C=O) groups is 1. The number of ether oxygens (including phenoxy) is 1. The second-order valence-electron chi connectivity index (χ2n) is 6.01. The van der Waals surface area contributed by atoms with Gasteiger partial charge in [0.15, 0.2) is 0 Å². The van der Waals surface area contributed by atoms with Crippen LogP contribution in [0.25, 0.3) is 0 Å². The molecule has 4 nitrogen and oxygen atoms in total. The van der Waals surface area contributed by atoms with Crippen LogP contribution >= 0.6 is 12.4 Å². The Labute approximate surface area is 140 Å². The molecule has 0 bridgehead atoms. The maximum absolute atomic E-state index is 11.9. The van der Waals surface area contributed by atoms with Crippen LogP contribution in [0.5, 0.6) is 0 Å². The van der Waals surface area contributed by atoms with Crippen LogP contribution in [-0.2, 0) is 21.4 Å². The summed E-state index contributed by atoms with van der Waals surface area (Å²) in [6, 6.07) is 8.58. The van der Waals surface area contributed by atoms with Crippen molar-refractivity contribution in [1.82, 2.24) is 5.32 Å². The molecule has 0 spiro atoms. The molecule has 1 unspecified atom stereocenters. The van der Waals surface area contributed by atoms with Crippen molar-refractivity contribution >= 4 is 18.3 Å². The van der Waals surface area contributed by atoms with Gasteiger partial charge in [-0.25, -0.2) is 0 Å². The summed E-state index contributed by atoms with van der Waals surface area (Å²) < 4.78 is 5.13. The molecule has 126 valence electrons. The van der Waals surface area contributed by atoms with Gasteiger partial charge < -0.3 is 15.8 Å². The van der Waals surface area contributed by atoms with Crippen molar-refractivity contribution in [2.45, 2.75) is 45.1 Å². The van der Waals surface area contributed by atoms with Gasteiger partial charge in [0.25, 0.3) is 0 Å². The minimum absolute atomic E-state index is 0. The lowest BCUT2D eigenvalue weighted by atomic mass is 9.84. The molecule has 0 heterocycles. The van der Waals surface area contributed by atoms with Crippen molar-refractivity contribution in [3.8, 4) is 0 Å². The first-order valence-electron chi connectivity index (χ1n) is 7.52. The molecule has 0 saturated heterocycles. The predicted molar refractivity (Wildman–Crippen MR) is 93.6 cm³/mol. The lowest BCUT2D eigenvalue weighted by Crippen LogP contribution is -2.39. The number of aryl methyl sites for hydroxylation is 1. The fourth-order valence-electron chi connectivity index (χ4n) is 2.16. The largest absolute Gasteiger partial charge is 0.380 e. The molecule has 3 N–H and O–H groups in total. The summed E-state index contributed by atoms with van der Waals surface area (Å²) in [5.74, 6) is -0.0226. The number of nitrogens with one attached hydrogen (secondary N) is 1. The van der Waals surface area contributed by atoms with Crippen LogP contribution in [0.3, 0.4) is 0 Å². The third-order valence-electron chi connectivity index (χ3n) is 3.88. The standard InChI is InChI=1S/C17H28N2O2.ClH/c1-5-13-6-8-14(9-7-13)17(2,3)12-19-16(20)10-15(11-18)21-4;/h6-9,15H,5,10-12,18H2,1-4H3,(H,19,20);1H. The summed E-state index contributed by atoms with van der Waals surface area (Å²) in [5, 5.41) is 2.97. The summed E-state index contributed by atoms with van der Waals surface area (Å²) in [6.07, 6.45) is 1.13. The highest BCUT2D eigenvalue weighted by Gasteiger charge is 2.22. The minimum Gasteiger partial charge on any atom is -0.380 e. The molecule has 5 heteroatoms. The summed E-state index contributed by atoms with van der Waals surface area (Å²) >= 11 is 0. The number of rotatable bonds is 8. The minimum atomic E-state index is -0.211. The molecule has 1 rings (SSSR count). The van der Waals surface area contributed by atoms with Crippen LogP contribution in [0.1, 0.15) is 38.3 Å². The molecule has 0 fully saturated rings. The molecule has 1 amide bonds. The molecule has 1 atom stereocenters. The predicted octanol–water partition coefficient (Wildman–Crippen LogP) is 2.43. The third kappa shape index (κ3) is 6.34. The van der Waals surface area contributed by atoms with Crippen LogP contribution in [0.2, 0.25) is 0 Å². The number of hydrogen-bond donors (Lipinski definition) is 2. The molecule has 0 aliphatic heterocycles. The van der Waals surface area contributed by atoms with E-state index in [0.29, 0.717) is 19.5 Å². The molecule has 1 aromatic carbocycles. The van der Waals surface area contributed by atoms with E-state index in [1.165, 1.54) is 11.1 Å². The van der Waals surface area contributed by atoms with Gasteiger partial charge in [-0.1, -0.05) is 45.0 Å². The van der Waals surface area contributed by atoms with Gasteiger partial charge in [0, 0.05) is 25.6 Å². The number of halogens is 1. The van der Waals surface area contributed by atoms with Crippen molar-refractivity contribution in [1.29, 1.82) is 0 Å². The van der Waals surface area contributed by atoms with Crippen molar-refractivity contribution in [3.63, 3.8) is 0 Å². The Balaban J connectivity index is 0.00000441. The van der Waals surface area contributed by atoms with Crippen molar-refractivity contribution in [2.24, 2.45) is 5.73 Å². The average Bonchev–Trinajstić information content (AvgIpc) is 2.50. The second-order valence-corrected chi connectivity index (χ2v) is 6.01. The number of nitrogens with two attached hydrogens (primary N) is 1. The number of amides is 1. The zero-order valence-corrected chi connectivity index (χ0v) is 14.8. The molecular weight excluding hydrogens is 300 g/mol. The normalized spacial score (nSPS) is 12.4. The fraction of sp³-hybridized carbons (Fsp3) is 0.588. The van der Waals surface area contributed by atoms with E-state index in [0.717, 1.165) is 6.42 Å². The summed E-state index contributed by atoms with van der Waals surface area (Å²) in [4.78, 5) is 11.9. The fourth-order valence-corrected chi connectivity index (χ4v) is 2.16. The van der Waals surface area contributed by atoms with Gasteiger partial charge in [0.1, 0.15) is 0 Å². The lowest BCUT2D eigenvalue weighted by Gasteiger charge is -2.26. The van der Waals surface area contributed by atoms with Crippen LogP contribution in [0.4, 0.5) is 0 Å².